The summed E-state index contributed by atoms with van der Waals surface area (Å²) in [5.41, 5.74) is 4.11. The normalized spacial score (nSPS) is 16.7. The molecular formula is C22H27N3OS. The first-order valence-corrected chi connectivity index (χ1v) is 10.8. The van der Waals surface area contributed by atoms with E-state index in [1.807, 2.05) is 37.4 Å². The first-order chi connectivity index (χ1) is 13.1. The summed E-state index contributed by atoms with van der Waals surface area (Å²) in [6.07, 6.45) is 8.18. The lowest BCUT2D eigenvalue weighted by Crippen LogP contribution is -2.18. The Morgan fingerprint density at radius 1 is 1.22 bits per heavy atom. The molecule has 0 aliphatic heterocycles. The number of hydrogen-bond donors (Lipinski definition) is 1. The Labute approximate surface area is 164 Å². The molecule has 3 aromatic rings. The molecule has 142 valence electrons. The van der Waals surface area contributed by atoms with Crippen LogP contribution in [0.25, 0.3) is 10.9 Å². The largest absolute Gasteiger partial charge is 0.360 e. The monoisotopic (exact) mass is 381 g/mol. The zero-order chi connectivity index (χ0) is 19.0. The molecule has 2 heterocycles. The number of para-hydroxylation sites is 1. The van der Waals surface area contributed by atoms with Crippen molar-refractivity contribution in [3.63, 3.8) is 0 Å². The van der Waals surface area contributed by atoms with Crippen molar-refractivity contribution in [1.82, 2.24) is 14.5 Å². The van der Waals surface area contributed by atoms with Crippen LogP contribution in [-0.4, -0.2) is 25.6 Å². The molecule has 1 aromatic carbocycles. The summed E-state index contributed by atoms with van der Waals surface area (Å²) < 4.78 is 2.40. The number of nitrogens with one attached hydrogen (secondary N) is 1. The van der Waals surface area contributed by atoms with Crippen LogP contribution in [0.1, 0.15) is 66.8 Å². The van der Waals surface area contributed by atoms with Crippen molar-refractivity contribution in [3.8, 4) is 0 Å². The number of imidazole rings is 1. The van der Waals surface area contributed by atoms with Gasteiger partial charge in [0.25, 0.3) is 0 Å². The summed E-state index contributed by atoms with van der Waals surface area (Å²) >= 11 is 1.60. The lowest BCUT2D eigenvalue weighted by atomic mass is 9.95. The van der Waals surface area contributed by atoms with E-state index in [1.54, 1.807) is 11.8 Å². The van der Waals surface area contributed by atoms with Crippen LogP contribution in [0.3, 0.4) is 0 Å². The number of ketones is 1. The van der Waals surface area contributed by atoms with E-state index < -0.39 is 0 Å². The number of benzene rings is 1. The fourth-order valence-electron chi connectivity index (χ4n) is 4.15. The van der Waals surface area contributed by atoms with Crippen LogP contribution in [0, 0.1) is 13.8 Å². The van der Waals surface area contributed by atoms with Crippen molar-refractivity contribution in [2.45, 2.75) is 69.3 Å². The number of aromatic nitrogens is 3. The number of aromatic amines is 1. The average Bonchev–Trinajstić information content (AvgIpc) is 3.23. The van der Waals surface area contributed by atoms with Gasteiger partial charge in [0.05, 0.1) is 10.9 Å². The maximum atomic E-state index is 13.1. The summed E-state index contributed by atoms with van der Waals surface area (Å²) in [5, 5.41) is 1.82. The van der Waals surface area contributed by atoms with Crippen LogP contribution in [0.2, 0.25) is 0 Å². The molecule has 4 nitrogen and oxygen atoms in total. The van der Waals surface area contributed by atoms with Crippen molar-refractivity contribution < 1.29 is 4.79 Å². The zero-order valence-electron chi connectivity index (χ0n) is 16.3. The van der Waals surface area contributed by atoms with E-state index >= 15 is 0 Å². The summed E-state index contributed by atoms with van der Waals surface area (Å²) in [5.74, 6) is 0.158. The number of fused-ring (bicyclic) bond motifs is 1. The first kappa shape index (κ1) is 18.4. The van der Waals surface area contributed by atoms with Gasteiger partial charge in [-0.05, 0) is 39.7 Å². The van der Waals surface area contributed by atoms with Crippen LogP contribution in [-0.2, 0) is 0 Å². The molecule has 27 heavy (non-hydrogen) atoms. The molecule has 5 heteroatoms. The summed E-state index contributed by atoms with van der Waals surface area (Å²) in [6.45, 7) is 6.23. The molecule has 0 unspecified atom stereocenters. The van der Waals surface area contributed by atoms with Gasteiger partial charge in [-0.15, -0.1) is 0 Å². The molecule has 1 fully saturated rings. The molecule has 4 rings (SSSR count). The van der Waals surface area contributed by atoms with Crippen LogP contribution in [0.5, 0.6) is 0 Å². The average molecular weight is 382 g/mol. The van der Waals surface area contributed by atoms with Gasteiger partial charge in [-0.25, -0.2) is 4.98 Å². The second kappa shape index (κ2) is 7.55. The molecule has 1 saturated carbocycles. The van der Waals surface area contributed by atoms with Gasteiger partial charge in [0.2, 0.25) is 0 Å². The maximum Gasteiger partial charge on any atom is 0.178 e. The minimum atomic E-state index is -0.173. The van der Waals surface area contributed by atoms with Crippen LogP contribution < -0.4 is 0 Å². The second-order valence-corrected chi connectivity index (χ2v) is 8.91. The number of H-pyrrole nitrogens is 1. The molecule has 0 amide bonds. The van der Waals surface area contributed by atoms with Gasteiger partial charge in [0.1, 0.15) is 0 Å². The number of hydrogen-bond acceptors (Lipinski definition) is 3. The molecule has 1 aliphatic rings. The minimum Gasteiger partial charge on any atom is -0.360 e. The fraction of sp³-hybridized carbons (Fsp3) is 0.455. The highest BCUT2D eigenvalue weighted by molar-refractivity contribution is 8.00. The predicted octanol–water partition coefficient (Wildman–Crippen LogP) is 5.85. The lowest BCUT2D eigenvalue weighted by molar-refractivity contribution is 0.0995. The maximum absolute atomic E-state index is 13.1. The third-order valence-corrected chi connectivity index (χ3v) is 6.87. The van der Waals surface area contributed by atoms with Gasteiger partial charge in [-0.1, -0.05) is 49.2 Å². The van der Waals surface area contributed by atoms with Gasteiger partial charge in [-0.3, -0.25) is 4.79 Å². The van der Waals surface area contributed by atoms with Crippen LogP contribution >= 0.6 is 11.8 Å². The first-order valence-electron chi connectivity index (χ1n) is 9.88. The number of rotatable bonds is 5. The Morgan fingerprint density at radius 2 is 1.96 bits per heavy atom. The Kier molecular flexibility index (Phi) is 5.13. The Morgan fingerprint density at radius 3 is 2.74 bits per heavy atom. The molecule has 0 spiro atoms. The number of Topliss-reactive ketones (excluding diaryl/α,β-unsaturated/α-hetero) is 1. The fourth-order valence-corrected chi connectivity index (χ4v) is 5.29. The Bertz CT molecular complexity index is 965. The minimum absolute atomic E-state index is 0.158. The second-order valence-electron chi connectivity index (χ2n) is 7.60. The lowest BCUT2D eigenvalue weighted by Gasteiger charge is -2.26. The smallest absolute Gasteiger partial charge is 0.178 e. The summed E-state index contributed by atoms with van der Waals surface area (Å²) in [7, 11) is 0. The molecule has 1 atom stereocenters. The number of nitrogens with zero attached hydrogens (tertiary/aromatic N) is 2. The van der Waals surface area contributed by atoms with Gasteiger partial charge in [0.15, 0.2) is 10.9 Å². The van der Waals surface area contributed by atoms with Crippen molar-refractivity contribution in [1.29, 1.82) is 0 Å². The van der Waals surface area contributed by atoms with Crippen molar-refractivity contribution >= 4 is 28.4 Å². The van der Waals surface area contributed by atoms with E-state index in [0.717, 1.165) is 27.3 Å². The van der Waals surface area contributed by atoms with E-state index in [1.165, 1.54) is 37.8 Å². The third-order valence-electron chi connectivity index (χ3n) is 5.80. The molecular weight excluding hydrogens is 354 g/mol. The van der Waals surface area contributed by atoms with Gasteiger partial charge < -0.3 is 9.55 Å². The molecule has 0 radical (unpaired) electrons. The SMILES string of the molecule is Cc1nc(S[C@H](C)C(=O)c2c[nH]c3ccccc23)n(C2CCCCC2)c1C. The zero-order valence-corrected chi connectivity index (χ0v) is 17.1. The van der Waals surface area contributed by atoms with E-state index in [0.29, 0.717) is 6.04 Å². The standard InChI is InChI=1S/C22H27N3OS/c1-14-15(2)25(17-9-5-4-6-10-17)22(24-14)27-16(3)21(26)19-13-23-20-12-8-7-11-18(19)20/h7-8,11-13,16-17,23H,4-6,9-10H2,1-3H3/t16-/m1/s1. The van der Waals surface area contributed by atoms with E-state index in [4.69, 9.17) is 4.98 Å². The summed E-state index contributed by atoms with van der Waals surface area (Å²) in [4.78, 5) is 21.2. The van der Waals surface area contributed by atoms with Crippen molar-refractivity contribution in [2.75, 3.05) is 0 Å². The molecule has 1 aliphatic carbocycles. The quantitative estimate of drug-likeness (QED) is 0.445. The van der Waals surface area contributed by atoms with Crippen molar-refractivity contribution in [3.05, 3.63) is 47.4 Å². The summed E-state index contributed by atoms with van der Waals surface area (Å²) in [6, 6.07) is 8.50. The van der Waals surface area contributed by atoms with Gasteiger partial charge in [0, 0.05) is 34.4 Å². The number of aryl methyl sites for hydroxylation is 1. The van der Waals surface area contributed by atoms with Crippen LogP contribution in [0.4, 0.5) is 0 Å². The van der Waals surface area contributed by atoms with Crippen molar-refractivity contribution in [2.24, 2.45) is 0 Å². The third kappa shape index (κ3) is 3.45. The van der Waals surface area contributed by atoms with Crippen LogP contribution in [0.15, 0.2) is 35.6 Å². The van der Waals surface area contributed by atoms with Gasteiger partial charge in [-0.2, -0.15) is 0 Å². The van der Waals surface area contributed by atoms with E-state index in [2.05, 4.69) is 23.4 Å². The van der Waals surface area contributed by atoms with Gasteiger partial charge >= 0.3 is 0 Å². The van der Waals surface area contributed by atoms with E-state index in [9.17, 15) is 4.79 Å². The molecule has 0 bridgehead atoms. The molecule has 0 saturated heterocycles. The predicted molar refractivity (Wildman–Crippen MR) is 112 cm³/mol. The Balaban J connectivity index is 1.60. The number of carbonyl (C=O) groups excluding carboxylic acids is 1. The Hall–Kier alpha value is -2.01. The highest BCUT2D eigenvalue weighted by Gasteiger charge is 2.26. The highest BCUT2D eigenvalue weighted by atomic mass is 32.2. The topological polar surface area (TPSA) is 50.7 Å². The molecule has 1 N–H and O–H groups in total. The highest BCUT2D eigenvalue weighted by Crippen LogP contribution is 2.36. The molecule has 2 aromatic heterocycles. The van der Waals surface area contributed by atoms with E-state index in [-0.39, 0.29) is 11.0 Å². The number of carbonyl (C=O) groups is 1. The number of thioether (sulfide) groups is 1.